The number of hydrogen-bond acceptors (Lipinski definition) is 3. The first-order valence-electron chi connectivity index (χ1n) is 6.00. The maximum Gasteiger partial charge on any atom is 0.123 e. The molecule has 0 aromatic heterocycles. The fraction of sp³-hybridized carbons (Fsp3) is 0.538. The maximum absolute atomic E-state index is 8.69. The van der Waals surface area contributed by atoms with Gasteiger partial charge < -0.3 is 15.2 Å². The monoisotopic (exact) mass is 293 g/mol. The van der Waals surface area contributed by atoms with Gasteiger partial charge >= 0.3 is 0 Å². The highest BCUT2D eigenvalue weighted by molar-refractivity contribution is 6.30. The number of rotatable bonds is 8. The lowest BCUT2D eigenvalue weighted by Gasteiger charge is -2.12. The largest absolute Gasteiger partial charge is 0.493 e. The molecule has 0 fully saturated rings. The van der Waals surface area contributed by atoms with Gasteiger partial charge in [-0.15, -0.1) is 12.4 Å². The molecule has 18 heavy (non-hydrogen) atoms. The fourth-order valence-electron chi connectivity index (χ4n) is 1.47. The molecule has 0 radical (unpaired) electrons. The van der Waals surface area contributed by atoms with Crippen LogP contribution in [0.5, 0.6) is 5.75 Å². The molecule has 5 heteroatoms. The van der Waals surface area contributed by atoms with Crippen molar-refractivity contribution in [1.29, 1.82) is 0 Å². The van der Waals surface area contributed by atoms with E-state index < -0.39 is 0 Å². The Morgan fingerprint density at radius 3 is 2.83 bits per heavy atom. The highest BCUT2D eigenvalue weighted by Gasteiger charge is 2.04. The van der Waals surface area contributed by atoms with Crippen LogP contribution in [0.4, 0.5) is 0 Å². The van der Waals surface area contributed by atoms with Gasteiger partial charge in [0, 0.05) is 23.7 Å². The standard InChI is InChI=1S/C13H20ClNO2.ClH/c1-2-8-17-13-5-4-12(14)9-11(13)10-15-6-3-7-16;/h4-5,9,15-16H,2-3,6-8,10H2,1H3;1H. The molecule has 1 rings (SSSR count). The molecule has 0 aliphatic rings. The van der Waals surface area contributed by atoms with Crippen molar-refractivity contribution in [2.24, 2.45) is 0 Å². The van der Waals surface area contributed by atoms with Crippen LogP contribution in [0.25, 0.3) is 0 Å². The minimum absolute atomic E-state index is 0. The molecule has 0 bridgehead atoms. The van der Waals surface area contributed by atoms with Crippen LogP contribution in [0, 0.1) is 0 Å². The maximum atomic E-state index is 8.69. The van der Waals surface area contributed by atoms with E-state index in [1.165, 1.54) is 0 Å². The van der Waals surface area contributed by atoms with E-state index in [1.54, 1.807) is 0 Å². The number of aliphatic hydroxyl groups excluding tert-OH is 1. The highest BCUT2D eigenvalue weighted by atomic mass is 35.5. The van der Waals surface area contributed by atoms with Crippen LogP contribution in [-0.4, -0.2) is 24.9 Å². The summed E-state index contributed by atoms with van der Waals surface area (Å²) in [7, 11) is 0. The van der Waals surface area contributed by atoms with Crippen molar-refractivity contribution < 1.29 is 9.84 Å². The van der Waals surface area contributed by atoms with Crippen molar-refractivity contribution in [3.63, 3.8) is 0 Å². The Kier molecular flexibility index (Phi) is 10.2. The number of hydrogen-bond donors (Lipinski definition) is 2. The highest BCUT2D eigenvalue weighted by Crippen LogP contribution is 2.23. The summed E-state index contributed by atoms with van der Waals surface area (Å²) in [5, 5.41) is 12.7. The minimum atomic E-state index is 0. The molecule has 0 aliphatic carbocycles. The van der Waals surface area contributed by atoms with E-state index in [0.29, 0.717) is 18.2 Å². The summed E-state index contributed by atoms with van der Waals surface area (Å²) in [6, 6.07) is 5.66. The Bertz CT molecular complexity index is 335. The molecule has 2 N–H and O–H groups in total. The van der Waals surface area contributed by atoms with Gasteiger partial charge in [0.1, 0.15) is 5.75 Å². The predicted octanol–water partition coefficient (Wildman–Crippen LogP) is 3.02. The van der Waals surface area contributed by atoms with Gasteiger partial charge in [0.25, 0.3) is 0 Å². The quantitative estimate of drug-likeness (QED) is 0.724. The summed E-state index contributed by atoms with van der Waals surface area (Å²) in [6.07, 6.45) is 1.74. The normalized spacial score (nSPS) is 9.94. The number of benzene rings is 1. The topological polar surface area (TPSA) is 41.5 Å². The zero-order chi connectivity index (χ0) is 12.5. The average Bonchev–Trinajstić information content (AvgIpc) is 2.33. The molecular formula is C13H21Cl2NO2. The van der Waals surface area contributed by atoms with Crippen molar-refractivity contribution in [3.8, 4) is 5.75 Å². The molecule has 0 saturated carbocycles. The van der Waals surface area contributed by atoms with Gasteiger partial charge in [-0.05, 0) is 37.6 Å². The smallest absolute Gasteiger partial charge is 0.123 e. The summed E-state index contributed by atoms with van der Waals surface area (Å²) in [5.41, 5.74) is 1.06. The average molecular weight is 294 g/mol. The molecule has 0 unspecified atom stereocenters. The van der Waals surface area contributed by atoms with Crippen molar-refractivity contribution in [2.75, 3.05) is 19.8 Å². The van der Waals surface area contributed by atoms with Crippen LogP contribution in [0.3, 0.4) is 0 Å². The van der Waals surface area contributed by atoms with Crippen LogP contribution in [0.2, 0.25) is 5.02 Å². The summed E-state index contributed by atoms with van der Waals surface area (Å²) in [4.78, 5) is 0. The molecule has 0 heterocycles. The lowest BCUT2D eigenvalue weighted by molar-refractivity contribution is 0.285. The van der Waals surface area contributed by atoms with E-state index in [2.05, 4.69) is 12.2 Å². The second-order valence-corrected chi connectivity index (χ2v) is 4.29. The first kappa shape index (κ1) is 17.5. The van der Waals surface area contributed by atoms with Crippen molar-refractivity contribution >= 4 is 24.0 Å². The molecule has 1 aromatic rings. The lowest BCUT2D eigenvalue weighted by Crippen LogP contribution is -2.16. The summed E-state index contributed by atoms with van der Waals surface area (Å²) in [6.45, 7) is 4.50. The first-order chi connectivity index (χ1) is 8.27. The number of ether oxygens (including phenoxy) is 1. The predicted molar refractivity (Wildman–Crippen MR) is 77.9 cm³/mol. The number of halogens is 2. The van der Waals surface area contributed by atoms with Gasteiger partial charge in [-0.1, -0.05) is 18.5 Å². The second-order valence-electron chi connectivity index (χ2n) is 3.85. The van der Waals surface area contributed by atoms with E-state index in [4.69, 9.17) is 21.4 Å². The molecule has 0 amide bonds. The Balaban J connectivity index is 0.00000289. The third kappa shape index (κ3) is 6.45. The Labute approximate surface area is 120 Å². The van der Waals surface area contributed by atoms with Gasteiger partial charge in [-0.3, -0.25) is 0 Å². The van der Waals surface area contributed by atoms with Gasteiger partial charge in [-0.25, -0.2) is 0 Å². The Morgan fingerprint density at radius 1 is 1.39 bits per heavy atom. The number of aliphatic hydroxyl groups is 1. The molecule has 0 spiro atoms. The van der Waals surface area contributed by atoms with Gasteiger partial charge in [0.2, 0.25) is 0 Å². The molecular weight excluding hydrogens is 273 g/mol. The Hall–Kier alpha value is -0.480. The van der Waals surface area contributed by atoms with Crippen molar-refractivity contribution in [3.05, 3.63) is 28.8 Å². The SMILES string of the molecule is CCCOc1ccc(Cl)cc1CNCCCO.Cl. The van der Waals surface area contributed by atoms with E-state index >= 15 is 0 Å². The van der Waals surface area contributed by atoms with Crippen molar-refractivity contribution in [2.45, 2.75) is 26.3 Å². The third-order valence-corrected chi connectivity index (χ3v) is 2.55. The molecule has 1 aromatic carbocycles. The van der Waals surface area contributed by atoms with Crippen LogP contribution in [-0.2, 0) is 6.54 Å². The van der Waals surface area contributed by atoms with Crippen LogP contribution >= 0.6 is 24.0 Å². The summed E-state index contributed by atoms with van der Waals surface area (Å²) < 4.78 is 5.65. The van der Waals surface area contributed by atoms with Gasteiger partial charge in [0.05, 0.1) is 6.61 Å². The van der Waals surface area contributed by atoms with Crippen LogP contribution < -0.4 is 10.1 Å². The molecule has 104 valence electrons. The van der Waals surface area contributed by atoms with Crippen LogP contribution in [0.15, 0.2) is 18.2 Å². The summed E-state index contributed by atoms with van der Waals surface area (Å²) in [5.74, 6) is 0.882. The van der Waals surface area contributed by atoms with E-state index in [0.717, 1.165) is 30.7 Å². The molecule has 0 aliphatic heterocycles. The second kappa shape index (κ2) is 10.4. The number of nitrogens with one attached hydrogen (secondary N) is 1. The van der Waals surface area contributed by atoms with E-state index in [9.17, 15) is 0 Å². The molecule has 0 saturated heterocycles. The van der Waals surface area contributed by atoms with Crippen LogP contribution in [0.1, 0.15) is 25.3 Å². The fourth-order valence-corrected chi connectivity index (χ4v) is 1.66. The molecule has 0 atom stereocenters. The molecule has 3 nitrogen and oxygen atoms in total. The lowest BCUT2D eigenvalue weighted by atomic mass is 10.2. The Morgan fingerprint density at radius 2 is 2.17 bits per heavy atom. The zero-order valence-corrected chi connectivity index (χ0v) is 12.2. The summed E-state index contributed by atoms with van der Waals surface area (Å²) >= 11 is 5.97. The third-order valence-electron chi connectivity index (χ3n) is 2.31. The van der Waals surface area contributed by atoms with E-state index in [1.807, 2.05) is 18.2 Å². The minimum Gasteiger partial charge on any atom is -0.493 e. The van der Waals surface area contributed by atoms with E-state index in [-0.39, 0.29) is 19.0 Å². The zero-order valence-electron chi connectivity index (χ0n) is 10.6. The van der Waals surface area contributed by atoms with Crippen molar-refractivity contribution in [1.82, 2.24) is 5.32 Å². The van der Waals surface area contributed by atoms with Gasteiger partial charge in [0.15, 0.2) is 0 Å². The first-order valence-corrected chi connectivity index (χ1v) is 6.38. The van der Waals surface area contributed by atoms with Gasteiger partial charge in [-0.2, -0.15) is 0 Å².